The van der Waals surface area contributed by atoms with Crippen LogP contribution in [0.5, 0.6) is 0 Å². The lowest BCUT2D eigenvalue weighted by molar-refractivity contribution is 0.0955. The van der Waals surface area contributed by atoms with Crippen LogP contribution in [0.3, 0.4) is 0 Å². The molecule has 2 N–H and O–H groups in total. The topological polar surface area (TPSA) is 70.7 Å². The molecule has 0 atom stereocenters. The van der Waals surface area contributed by atoms with E-state index in [1.54, 1.807) is 41.6 Å². The largest absolute Gasteiger partial charge is 0.352 e. The Morgan fingerprint density at radius 3 is 3.24 bits per heavy atom. The van der Waals surface area contributed by atoms with Crippen LogP contribution in [0.2, 0.25) is 0 Å². The fourth-order valence-electron chi connectivity index (χ4n) is 1.97. The minimum Gasteiger partial charge on any atom is -0.352 e. The monoisotopic (exact) mass is 318 g/mol. The second-order valence-corrected chi connectivity index (χ2v) is 6.63. The average Bonchev–Trinajstić information content (AvgIpc) is 3.17. The number of benzene rings is 1. The Hall–Kier alpha value is -1.86. The maximum Gasteiger partial charge on any atom is 0.253 e. The summed E-state index contributed by atoms with van der Waals surface area (Å²) in [5, 5.41) is 12.7. The number of aromatic nitrogens is 3. The average molecular weight is 318 g/mol. The van der Waals surface area contributed by atoms with E-state index in [0.29, 0.717) is 12.1 Å². The standard InChI is InChI=1S/C14H14N4OS2/c19-13(11-4-1-3-10-9-17-18-12(10)11)15-5-2-7-20-14-16-6-8-21-14/h1,3-4,6,8-9H,2,5,7H2,(H,15,19)(H,17,18). The van der Waals surface area contributed by atoms with Crippen LogP contribution < -0.4 is 5.32 Å². The normalized spacial score (nSPS) is 10.9. The number of para-hydroxylation sites is 1. The highest BCUT2D eigenvalue weighted by Crippen LogP contribution is 2.20. The number of nitrogens with one attached hydrogen (secondary N) is 2. The summed E-state index contributed by atoms with van der Waals surface area (Å²) in [7, 11) is 0. The third-order valence-corrected chi connectivity index (χ3v) is 5.02. The molecule has 0 fully saturated rings. The van der Waals surface area contributed by atoms with Gasteiger partial charge in [-0.1, -0.05) is 23.9 Å². The minimum atomic E-state index is -0.0656. The van der Waals surface area contributed by atoms with Gasteiger partial charge < -0.3 is 5.32 Å². The number of carbonyl (C=O) groups is 1. The van der Waals surface area contributed by atoms with Crippen LogP contribution in [-0.4, -0.2) is 33.4 Å². The second-order valence-electron chi connectivity index (χ2n) is 4.40. The summed E-state index contributed by atoms with van der Waals surface area (Å²) >= 11 is 3.36. The highest BCUT2D eigenvalue weighted by atomic mass is 32.2. The van der Waals surface area contributed by atoms with Gasteiger partial charge in [0.1, 0.15) is 4.34 Å². The van der Waals surface area contributed by atoms with Crippen molar-refractivity contribution in [3.63, 3.8) is 0 Å². The number of thiazole rings is 1. The zero-order chi connectivity index (χ0) is 14.5. The van der Waals surface area contributed by atoms with Gasteiger partial charge >= 0.3 is 0 Å². The Morgan fingerprint density at radius 2 is 2.38 bits per heavy atom. The van der Waals surface area contributed by atoms with Crippen LogP contribution in [0.25, 0.3) is 10.9 Å². The van der Waals surface area contributed by atoms with Crippen LogP contribution in [0.1, 0.15) is 16.8 Å². The molecule has 0 saturated carbocycles. The van der Waals surface area contributed by atoms with E-state index in [4.69, 9.17) is 0 Å². The first-order chi connectivity index (χ1) is 10.3. The number of rotatable bonds is 6. The summed E-state index contributed by atoms with van der Waals surface area (Å²) in [4.78, 5) is 16.4. The SMILES string of the molecule is O=C(NCCCSc1nccs1)c1cccc2cn[nH]c12. The second kappa shape index (κ2) is 6.73. The number of thioether (sulfide) groups is 1. The summed E-state index contributed by atoms with van der Waals surface area (Å²) < 4.78 is 1.07. The smallest absolute Gasteiger partial charge is 0.253 e. The molecule has 108 valence electrons. The number of fused-ring (bicyclic) bond motifs is 1. The summed E-state index contributed by atoms with van der Waals surface area (Å²) in [6.07, 6.45) is 4.44. The third-order valence-electron chi connectivity index (χ3n) is 2.96. The van der Waals surface area contributed by atoms with Gasteiger partial charge in [0.25, 0.3) is 5.91 Å². The Bertz CT molecular complexity index is 723. The Kier molecular flexibility index (Phi) is 4.52. The van der Waals surface area contributed by atoms with E-state index in [9.17, 15) is 4.79 Å². The van der Waals surface area contributed by atoms with Crippen LogP contribution in [0.15, 0.2) is 40.3 Å². The maximum absolute atomic E-state index is 12.2. The van der Waals surface area contributed by atoms with Crippen molar-refractivity contribution in [3.05, 3.63) is 41.5 Å². The molecule has 21 heavy (non-hydrogen) atoms. The molecule has 0 unspecified atom stereocenters. The number of nitrogens with zero attached hydrogens (tertiary/aromatic N) is 2. The molecule has 0 saturated heterocycles. The summed E-state index contributed by atoms with van der Waals surface area (Å²) in [6.45, 7) is 0.654. The molecule has 2 heterocycles. The zero-order valence-electron chi connectivity index (χ0n) is 11.2. The van der Waals surface area contributed by atoms with Gasteiger partial charge in [0.15, 0.2) is 0 Å². The molecule has 0 bridgehead atoms. The van der Waals surface area contributed by atoms with E-state index >= 15 is 0 Å². The molecule has 5 nitrogen and oxygen atoms in total. The van der Waals surface area contributed by atoms with Gasteiger partial charge in [-0.3, -0.25) is 9.89 Å². The van der Waals surface area contributed by atoms with Crippen molar-refractivity contribution in [3.8, 4) is 0 Å². The van der Waals surface area contributed by atoms with E-state index in [2.05, 4.69) is 20.5 Å². The number of aromatic amines is 1. The fraction of sp³-hybridized carbons (Fsp3) is 0.214. The Labute approximate surface area is 130 Å². The quantitative estimate of drug-likeness (QED) is 0.541. The first kappa shape index (κ1) is 14.1. The first-order valence-electron chi connectivity index (χ1n) is 6.57. The summed E-state index contributed by atoms with van der Waals surface area (Å²) in [5.74, 6) is 0.881. The van der Waals surface area contributed by atoms with E-state index in [1.807, 2.05) is 17.5 Å². The highest BCUT2D eigenvalue weighted by molar-refractivity contribution is 8.00. The molecule has 3 rings (SSSR count). The van der Waals surface area contributed by atoms with Gasteiger partial charge in [0, 0.05) is 29.3 Å². The molecule has 1 aromatic carbocycles. The number of hydrogen-bond donors (Lipinski definition) is 2. The minimum absolute atomic E-state index is 0.0656. The fourth-order valence-corrected chi connectivity index (χ4v) is 3.62. The molecule has 0 spiro atoms. The van der Waals surface area contributed by atoms with Crippen molar-refractivity contribution in [2.24, 2.45) is 0 Å². The van der Waals surface area contributed by atoms with E-state index in [0.717, 1.165) is 27.4 Å². The predicted molar refractivity (Wildman–Crippen MR) is 85.9 cm³/mol. The predicted octanol–water partition coefficient (Wildman–Crippen LogP) is 2.93. The lowest BCUT2D eigenvalue weighted by atomic mass is 10.1. The van der Waals surface area contributed by atoms with Crippen molar-refractivity contribution in [1.29, 1.82) is 0 Å². The molecule has 0 aliphatic rings. The number of hydrogen-bond acceptors (Lipinski definition) is 5. The van der Waals surface area contributed by atoms with E-state index < -0.39 is 0 Å². The summed E-state index contributed by atoms with van der Waals surface area (Å²) in [6, 6.07) is 5.60. The van der Waals surface area contributed by atoms with Crippen LogP contribution in [-0.2, 0) is 0 Å². The molecular formula is C14H14N4OS2. The van der Waals surface area contributed by atoms with Gasteiger partial charge in [-0.25, -0.2) is 4.98 Å². The van der Waals surface area contributed by atoms with Crippen molar-refractivity contribution in [1.82, 2.24) is 20.5 Å². The van der Waals surface area contributed by atoms with E-state index in [1.165, 1.54) is 0 Å². The highest BCUT2D eigenvalue weighted by Gasteiger charge is 2.10. The van der Waals surface area contributed by atoms with E-state index in [-0.39, 0.29) is 5.91 Å². The lowest BCUT2D eigenvalue weighted by Gasteiger charge is -2.05. The number of H-pyrrole nitrogens is 1. The van der Waals surface area contributed by atoms with Crippen molar-refractivity contribution in [2.45, 2.75) is 10.8 Å². The van der Waals surface area contributed by atoms with Crippen molar-refractivity contribution in [2.75, 3.05) is 12.3 Å². The van der Waals surface area contributed by atoms with Gasteiger partial charge in [-0.2, -0.15) is 5.10 Å². The van der Waals surface area contributed by atoms with Gasteiger partial charge in [-0.15, -0.1) is 11.3 Å². The zero-order valence-corrected chi connectivity index (χ0v) is 12.8. The number of amides is 1. The molecule has 0 radical (unpaired) electrons. The molecule has 0 aliphatic carbocycles. The maximum atomic E-state index is 12.2. The van der Waals surface area contributed by atoms with Crippen molar-refractivity contribution < 1.29 is 4.79 Å². The molecule has 0 aliphatic heterocycles. The van der Waals surface area contributed by atoms with Crippen LogP contribution >= 0.6 is 23.1 Å². The Morgan fingerprint density at radius 1 is 1.43 bits per heavy atom. The molecule has 2 aromatic heterocycles. The van der Waals surface area contributed by atoms with Crippen LogP contribution in [0.4, 0.5) is 0 Å². The summed E-state index contributed by atoms with van der Waals surface area (Å²) in [5.41, 5.74) is 1.42. The first-order valence-corrected chi connectivity index (χ1v) is 8.44. The van der Waals surface area contributed by atoms with Gasteiger partial charge in [0.2, 0.25) is 0 Å². The van der Waals surface area contributed by atoms with Gasteiger partial charge in [0.05, 0.1) is 17.3 Å². The lowest BCUT2D eigenvalue weighted by Crippen LogP contribution is -2.25. The molecule has 7 heteroatoms. The Balaban J connectivity index is 1.49. The molecular weight excluding hydrogens is 304 g/mol. The number of carbonyl (C=O) groups excluding carboxylic acids is 1. The van der Waals surface area contributed by atoms with Crippen LogP contribution in [0, 0.1) is 0 Å². The molecule has 1 amide bonds. The molecule has 3 aromatic rings. The van der Waals surface area contributed by atoms with Crippen molar-refractivity contribution >= 4 is 39.9 Å². The van der Waals surface area contributed by atoms with Gasteiger partial charge in [-0.05, 0) is 12.5 Å². The third kappa shape index (κ3) is 3.43.